The number of carbonyl (C=O) groups is 1. The smallest absolute Gasteiger partial charge is 0.244 e. The average Bonchev–Trinajstić information content (AvgIpc) is 2.46. The van der Waals surface area contributed by atoms with Crippen LogP contribution in [0, 0.1) is 0 Å². The molecule has 1 aromatic heterocycles. The van der Waals surface area contributed by atoms with E-state index in [1.54, 1.807) is 18.5 Å². The minimum atomic E-state index is -0.433. The summed E-state index contributed by atoms with van der Waals surface area (Å²) in [5.41, 5.74) is 1.51. The lowest BCUT2D eigenvalue weighted by Crippen LogP contribution is -2.40. The zero-order chi connectivity index (χ0) is 15.3. The fraction of sp³-hybridized carbons (Fsp3) is 0.176. The Labute approximate surface area is 133 Å². The Morgan fingerprint density at radius 3 is 2.57 bits per heavy atom. The van der Waals surface area contributed by atoms with Gasteiger partial charge in [0.25, 0.3) is 0 Å². The highest BCUT2D eigenvalue weighted by atomic mass is 79.9. The highest BCUT2D eigenvalue weighted by Crippen LogP contribution is 2.22. The van der Waals surface area contributed by atoms with E-state index in [0.717, 1.165) is 15.6 Å². The number of benzene rings is 1. The van der Waals surface area contributed by atoms with E-state index in [1.807, 2.05) is 50.2 Å². The normalized spacial score (nSPS) is 11.6. The number of aromatic nitrogens is 1. The molecule has 0 fully saturated rings. The Morgan fingerprint density at radius 2 is 1.95 bits per heavy atom. The molecule has 1 N–H and O–H groups in total. The maximum absolute atomic E-state index is 12.0. The van der Waals surface area contributed by atoms with Crippen LogP contribution in [0.1, 0.15) is 25.0 Å². The van der Waals surface area contributed by atoms with E-state index in [9.17, 15) is 4.79 Å². The van der Waals surface area contributed by atoms with E-state index >= 15 is 0 Å². The highest BCUT2D eigenvalue weighted by Gasteiger charge is 2.21. The minimum Gasteiger partial charge on any atom is -0.344 e. The van der Waals surface area contributed by atoms with Gasteiger partial charge in [-0.1, -0.05) is 34.1 Å². The van der Waals surface area contributed by atoms with Crippen molar-refractivity contribution >= 4 is 27.9 Å². The maximum atomic E-state index is 12.0. The van der Waals surface area contributed by atoms with Crippen molar-refractivity contribution in [2.45, 2.75) is 19.4 Å². The van der Waals surface area contributed by atoms with Crippen molar-refractivity contribution in [2.24, 2.45) is 0 Å². The first-order chi connectivity index (χ1) is 9.97. The molecule has 0 atom stereocenters. The second kappa shape index (κ2) is 6.68. The molecule has 2 rings (SSSR count). The van der Waals surface area contributed by atoms with Crippen molar-refractivity contribution in [3.05, 3.63) is 70.5 Å². The van der Waals surface area contributed by atoms with E-state index < -0.39 is 5.54 Å². The number of nitrogens with zero attached hydrogens (tertiary/aromatic N) is 1. The zero-order valence-electron chi connectivity index (χ0n) is 12.0. The Hall–Kier alpha value is -1.94. The molecule has 4 heteroatoms. The summed E-state index contributed by atoms with van der Waals surface area (Å²) in [6.45, 7) is 3.96. The summed E-state index contributed by atoms with van der Waals surface area (Å²) in [5, 5.41) is 3.00. The van der Waals surface area contributed by atoms with Gasteiger partial charge >= 0.3 is 0 Å². The van der Waals surface area contributed by atoms with Gasteiger partial charge in [-0.15, -0.1) is 0 Å². The number of carbonyl (C=O) groups excluding carboxylic acids is 1. The summed E-state index contributed by atoms with van der Waals surface area (Å²) in [6, 6.07) is 11.7. The Bertz CT molecular complexity index is 634. The van der Waals surface area contributed by atoms with Crippen LogP contribution in [0.25, 0.3) is 6.08 Å². The van der Waals surface area contributed by atoms with E-state index in [0.29, 0.717) is 0 Å². The number of pyridine rings is 1. The van der Waals surface area contributed by atoms with Crippen molar-refractivity contribution in [3.8, 4) is 0 Å². The van der Waals surface area contributed by atoms with Gasteiger partial charge in [0.1, 0.15) is 0 Å². The van der Waals surface area contributed by atoms with E-state index in [-0.39, 0.29) is 5.91 Å². The van der Waals surface area contributed by atoms with Crippen LogP contribution >= 0.6 is 15.9 Å². The first-order valence-electron chi connectivity index (χ1n) is 6.64. The van der Waals surface area contributed by atoms with Crippen molar-refractivity contribution < 1.29 is 4.79 Å². The van der Waals surface area contributed by atoms with Crippen LogP contribution in [-0.4, -0.2) is 10.9 Å². The predicted octanol–water partition coefficient (Wildman–Crippen LogP) is 3.91. The summed E-state index contributed by atoms with van der Waals surface area (Å²) < 4.78 is 1.02. The molecule has 0 aliphatic carbocycles. The number of amides is 1. The van der Waals surface area contributed by atoms with E-state index in [1.165, 1.54) is 6.08 Å². The lowest BCUT2D eigenvalue weighted by atomic mass is 9.94. The largest absolute Gasteiger partial charge is 0.344 e. The molecule has 2 aromatic rings. The molecular formula is C17H17BrN2O. The molecule has 1 amide bonds. The molecule has 0 aliphatic heterocycles. The molecule has 0 unspecified atom stereocenters. The predicted molar refractivity (Wildman–Crippen MR) is 88.6 cm³/mol. The average molecular weight is 345 g/mol. The lowest BCUT2D eigenvalue weighted by Gasteiger charge is -2.26. The summed E-state index contributed by atoms with van der Waals surface area (Å²) >= 11 is 3.41. The quantitative estimate of drug-likeness (QED) is 0.854. The maximum Gasteiger partial charge on any atom is 0.244 e. The molecule has 0 spiro atoms. The fourth-order valence-electron chi connectivity index (χ4n) is 1.93. The van der Waals surface area contributed by atoms with Gasteiger partial charge in [0.15, 0.2) is 0 Å². The lowest BCUT2D eigenvalue weighted by molar-refractivity contribution is -0.118. The van der Waals surface area contributed by atoms with Crippen molar-refractivity contribution in [2.75, 3.05) is 0 Å². The van der Waals surface area contributed by atoms with E-state index in [4.69, 9.17) is 0 Å². The topological polar surface area (TPSA) is 42.0 Å². The van der Waals surface area contributed by atoms with Gasteiger partial charge in [0.05, 0.1) is 5.54 Å². The fourth-order valence-corrected chi connectivity index (χ4v) is 2.20. The third-order valence-corrected chi connectivity index (χ3v) is 3.64. The van der Waals surface area contributed by atoms with Gasteiger partial charge in [0.2, 0.25) is 5.91 Å². The number of nitrogens with one attached hydrogen (secondary N) is 1. The van der Waals surface area contributed by atoms with Crippen LogP contribution in [0.2, 0.25) is 0 Å². The molecule has 3 nitrogen and oxygen atoms in total. The molecule has 1 aromatic carbocycles. The van der Waals surface area contributed by atoms with Crippen molar-refractivity contribution in [1.82, 2.24) is 10.3 Å². The van der Waals surface area contributed by atoms with Gasteiger partial charge in [-0.3, -0.25) is 9.78 Å². The van der Waals surface area contributed by atoms with Crippen LogP contribution in [0.15, 0.2) is 59.3 Å². The van der Waals surface area contributed by atoms with Crippen LogP contribution in [0.5, 0.6) is 0 Å². The molecule has 0 saturated carbocycles. The SMILES string of the molecule is CC(C)(NC(=O)/C=C/c1cccnc1)c1ccc(Br)cc1. The van der Waals surface area contributed by atoms with Gasteiger partial charge < -0.3 is 5.32 Å². The van der Waals surface area contributed by atoms with Gasteiger partial charge in [0, 0.05) is 22.9 Å². The minimum absolute atomic E-state index is 0.133. The Kier molecular flexibility index (Phi) is 4.91. The van der Waals surface area contributed by atoms with Crippen LogP contribution in [-0.2, 0) is 10.3 Å². The van der Waals surface area contributed by atoms with Gasteiger partial charge in [-0.05, 0) is 49.2 Å². The monoisotopic (exact) mass is 344 g/mol. The molecule has 0 bridgehead atoms. The Morgan fingerprint density at radius 1 is 1.24 bits per heavy atom. The van der Waals surface area contributed by atoms with Crippen LogP contribution in [0.3, 0.4) is 0 Å². The summed E-state index contributed by atoms with van der Waals surface area (Å²) in [4.78, 5) is 16.1. The van der Waals surface area contributed by atoms with Crippen LogP contribution < -0.4 is 5.32 Å². The van der Waals surface area contributed by atoms with Crippen molar-refractivity contribution in [3.63, 3.8) is 0 Å². The molecule has 108 valence electrons. The third-order valence-electron chi connectivity index (χ3n) is 3.11. The zero-order valence-corrected chi connectivity index (χ0v) is 13.6. The van der Waals surface area contributed by atoms with Gasteiger partial charge in [-0.2, -0.15) is 0 Å². The molecule has 0 saturated heterocycles. The molecule has 21 heavy (non-hydrogen) atoms. The van der Waals surface area contributed by atoms with Gasteiger partial charge in [-0.25, -0.2) is 0 Å². The molecule has 1 heterocycles. The highest BCUT2D eigenvalue weighted by molar-refractivity contribution is 9.10. The first-order valence-corrected chi connectivity index (χ1v) is 7.43. The second-order valence-corrected chi connectivity index (χ2v) is 6.16. The number of hydrogen-bond acceptors (Lipinski definition) is 2. The number of halogens is 1. The number of hydrogen-bond donors (Lipinski definition) is 1. The summed E-state index contributed by atoms with van der Waals surface area (Å²) in [7, 11) is 0. The van der Waals surface area contributed by atoms with E-state index in [2.05, 4.69) is 26.2 Å². The molecular weight excluding hydrogens is 328 g/mol. The first kappa shape index (κ1) is 15.4. The van der Waals surface area contributed by atoms with Crippen LogP contribution in [0.4, 0.5) is 0 Å². The second-order valence-electron chi connectivity index (χ2n) is 5.24. The third kappa shape index (κ3) is 4.53. The molecule has 0 radical (unpaired) electrons. The Balaban J connectivity index is 2.04. The summed E-state index contributed by atoms with van der Waals surface area (Å²) in [6.07, 6.45) is 6.69. The van der Waals surface area contributed by atoms with Crippen molar-refractivity contribution in [1.29, 1.82) is 0 Å². The molecule has 0 aliphatic rings. The standard InChI is InChI=1S/C17H17BrN2O/c1-17(2,14-6-8-15(18)9-7-14)20-16(21)10-5-13-4-3-11-19-12-13/h3-12H,1-2H3,(H,20,21)/b10-5+. The number of rotatable bonds is 4. The summed E-state index contributed by atoms with van der Waals surface area (Å²) in [5.74, 6) is -0.133.